The number of nitrogens with zero attached hydrogens (tertiary/aromatic N) is 1. The molecule has 0 N–H and O–H groups in total. The van der Waals surface area contributed by atoms with E-state index in [2.05, 4.69) is 4.98 Å². The molecule has 0 radical (unpaired) electrons. The minimum absolute atomic E-state index is 0.337. The third kappa shape index (κ3) is 2.58. The molecule has 0 saturated heterocycles. The third-order valence-corrected chi connectivity index (χ3v) is 3.52. The van der Waals surface area contributed by atoms with Gasteiger partial charge in [0.1, 0.15) is 5.75 Å². The predicted molar refractivity (Wildman–Crippen MR) is 82.8 cm³/mol. The van der Waals surface area contributed by atoms with Gasteiger partial charge in [0.25, 0.3) is 0 Å². The van der Waals surface area contributed by atoms with Crippen LogP contribution >= 0.6 is 23.2 Å². The Hall–Kier alpha value is -1.77. The molecule has 0 saturated carbocycles. The van der Waals surface area contributed by atoms with E-state index >= 15 is 0 Å². The number of para-hydroxylation sites is 1. The van der Waals surface area contributed by atoms with Crippen molar-refractivity contribution in [2.75, 3.05) is 0 Å². The first-order chi connectivity index (χ1) is 9.78. The summed E-state index contributed by atoms with van der Waals surface area (Å²) in [4.78, 5) is 4.44. The average Bonchev–Trinajstić information content (AvgIpc) is 2.49. The molecule has 1 aromatic heterocycles. The van der Waals surface area contributed by atoms with Crippen LogP contribution in [0.15, 0.2) is 54.6 Å². The molecule has 2 nitrogen and oxygen atoms in total. The third-order valence-electron chi connectivity index (χ3n) is 2.94. The quantitative estimate of drug-likeness (QED) is 0.603. The normalized spacial score (nSPS) is 10.7. The van der Waals surface area contributed by atoms with Crippen molar-refractivity contribution in [3.63, 3.8) is 0 Å². The van der Waals surface area contributed by atoms with Gasteiger partial charge in [-0.05, 0) is 29.7 Å². The number of halogens is 2. The summed E-state index contributed by atoms with van der Waals surface area (Å²) in [7, 11) is 0. The average molecular weight is 304 g/mol. The number of pyridine rings is 1. The van der Waals surface area contributed by atoms with Crippen LogP contribution in [-0.2, 0) is 5.88 Å². The molecular weight excluding hydrogens is 293 g/mol. The van der Waals surface area contributed by atoms with Crippen molar-refractivity contribution in [1.29, 1.82) is 0 Å². The molecule has 20 heavy (non-hydrogen) atoms. The van der Waals surface area contributed by atoms with Crippen LogP contribution in [0.5, 0.6) is 11.6 Å². The van der Waals surface area contributed by atoms with Gasteiger partial charge in [-0.1, -0.05) is 41.9 Å². The van der Waals surface area contributed by atoms with Crippen molar-refractivity contribution >= 4 is 34.0 Å². The summed E-state index contributed by atoms with van der Waals surface area (Å²) in [5.74, 6) is 1.44. The predicted octanol–water partition coefficient (Wildman–Crippen LogP) is 5.42. The summed E-state index contributed by atoms with van der Waals surface area (Å²) in [5.41, 5.74) is 0.771. The SMILES string of the molecule is ClCc1cc2ccccc2c(Oc2ccccc2Cl)n1. The lowest BCUT2D eigenvalue weighted by atomic mass is 10.1. The van der Waals surface area contributed by atoms with Gasteiger partial charge >= 0.3 is 0 Å². The molecule has 0 aliphatic rings. The van der Waals surface area contributed by atoms with Crippen molar-refractivity contribution in [1.82, 2.24) is 4.98 Å². The number of alkyl halides is 1. The van der Waals surface area contributed by atoms with E-state index in [1.165, 1.54) is 0 Å². The number of benzene rings is 2. The zero-order valence-electron chi connectivity index (χ0n) is 10.5. The van der Waals surface area contributed by atoms with Crippen molar-refractivity contribution in [3.05, 3.63) is 65.3 Å². The molecule has 4 heteroatoms. The minimum atomic E-state index is 0.337. The maximum absolute atomic E-state index is 6.12. The molecular formula is C16H11Cl2NO. The summed E-state index contributed by atoms with van der Waals surface area (Å²) < 4.78 is 5.86. The zero-order valence-corrected chi connectivity index (χ0v) is 12.0. The van der Waals surface area contributed by atoms with Crippen LogP contribution in [0.4, 0.5) is 0 Å². The van der Waals surface area contributed by atoms with Crippen molar-refractivity contribution < 1.29 is 4.74 Å². The van der Waals surface area contributed by atoms with Crippen LogP contribution in [0.1, 0.15) is 5.69 Å². The first kappa shape index (κ1) is 13.2. The lowest BCUT2D eigenvalue weighted by Gasteiger charge is -2.10. The topological polar surface area (TPSA) is 22.1 Å². The first-order valence-corrected chi connectivity index (χ1v) is 7.06. The highest BCUT2D eigenvalue weighted by Gasteiger charge is 2.09. The largest absolute Gasteiger partial charge is 0.437 e. The van der Waals surface area contributed by atoms with E-state index in [0.717, 1.165) is 16.5 Å². The van der Waals surface area contributed by atoms with Crippen LogP contribution in [0.25, 0.3) is 10.8 Å². The lowest BCUT2D eigenvalue weighted by molar-refractivity contribution is 0.468. The van der Waals surface area contributed by atoms with Gasteiger partial charge in [0.05, 0.1) is 16.6 Å². The van der Waals surface area contributed by atoms with Crippen LogP contribution in [-0.4, -0.2) is 4.98 Å². The second kappa shape index (κ2) is 5.70. The second-order valence-electron chi connectivity index (χ2n) is 4.31. The fraction of sp³-hybridized carbons (Fsp3) is 0.0625. The summed E-state index contributed by atoms with van der Waals surface area (Å²) in [5, 5.41) is 2.52. The first-order valence-electron chi connectivity index (χ1n) is 6.15. The smallest absolute Gasteiger partial charge is 0.227 e. The Morgan fingerprint density at radius 1 is 1.00 bits per heavy atom. The minimum Gasteiger partial charge on any atom is -0.437 e. The molecule has 2 aromatic carbocycles. The molecule has 3 aromatic rings. The number of rotatable bonds is 3. The molecule has 3 rings (SSSR count). The maximum atomic E-state index is 6.12. The van der Waals surface area contributed by atoms with Crippen LogP contribution in [0, 0.1) is 0 Å². The van der Waals surface area contributed by atoms with E-state index in [1.807, 2.05) is 48.5 Å². The molecule has 0 aliphatic heterocycles. The molecule has 0 fully saturated rings. The Morgan fingerprint density at radius 2 is 1.75 bits per heavy atom. The van der Waals surface area contributed by atoms with Gasteiger partial charge in [-0.3, -0.25) is 0 Å². The van der Waals surface area contributed by atoms with Crippen LogP contribution in [0.2, 0.25) is 5.02 Å². The van der Waals surface area contributed by atoms with E-state index in [4.69, 9.17) is 27.9 Å². The highest BCUT2D eigenvalue weighted by atomic mass is 35.5. The van der Waals surface area contributed by atoms with Crippen LogP contribution < -0.4 is 4.74 Å². The van der Waals surface area contributed by atoms with E-state index in [0.29, 0.717) is 22.5 Å². The van der Waals surface area contributed by atoms with Crippen molar-refractivity contribution in [3.8, 4) is 11.6 Å². The molecule has 0 unspecified atom stereocenters. The van der Waals surface area contributed by atoms with Gasteiger partial charge in [-0.15, -0.1) is 11.6 Å². The lowest BCUT2D eigenvalue weighted by Crippen LogP contribution is -1.94. The Bertz CT molecular complexity index is 758. The summed E-state index contributed by atoms with van der Waals surface area (Å²) in [6.07, 6.45) is 0. The van der Waals surface area contributed by atoms with Gasteiger partial charge in [0.2, 0.25) is 5.88 Å². The Labute approximate surface area is 126 Å². The highest BCUT2D eigenvalue weighted by molar-refractivity contribution is 6.32. The van der Waals surface area contributed by atoms with Crippen molar-refractivity contribution in [2.24, 2.45) is 0 Å². The van der Waals surface area contributed by atoms with Gasteiger partial charge in [-0.2, -0.15) is 0 Å². The molecule has 0 spiro atoms. The number of hydrogen-bond donors (Lipinski definition) is 0. The van der Waals surface area contributed by atoms with E-state index in [9.17, 15) is 0 Å². The number of aromatic nitrogens is 1. The molecule has 0 atom stereocenters. The van der Waals surface area contributed by atoms with Gasteiger partial charge in [-0.25, -0.2) is 4.98 Å². The molecule has 0 bridgehead atoms. The monoisotopic (exact) mass is 303 g/mol. The molecule has 0 amide bonds. The Morgan fingerprint density at radius 3 is 2.55 bits per heavy atom. The maximum Gasteiger partial charge on any atom is 0.227 e. The van der Waals surface area contributed by atoms with E-state index < -0.39 is 0 Å². The molecule has 100 valence electrons. The fourth-order valence-corrected chi connectivity index (χ4v) is 2.31. The summed E-state index contributed by atoms with van der Waals surface area (Å²) in [6, 6.07) is 17.2. The van der Waals surface area contributed by atoms with E-state index in [1.54, 1.807) is 6.07 Å². The summed E-state index contributed by atoms with van der Waals surface area (Å²) in [6.45, 7) is 0. The number of fused-ring (bicyclic) bond motifs is 1. The molecule has 0 aliphatic carbocycles. The standard InChI is InChI=1S/C16H11Cl2NO/c17-10-12-9-11-5-1-2-6-13(11)16(19-12)20-15-8-4-3-7-14(15)18/h1-9H,10H2. The highest BCUT2D eigenvalue weighted by Crippen LogP contribution is 2.32. The van der Waals surface area contributed by atoms with Gasteiger partial charge < -0.3 is 4.74 Å². The van der Waals surface area contributed by atoms with E-state index in [-0.39, 0.29) is 0 Å². The van der Waals surface area contributed by atoms with Crippen molar-refractivity contribution in [2.45, 2.75) is 5.88 Å². The fourth-order valence-electron chi connectivity index (χ4n) is 2.00. The number of ether oxygens (including phenoxy) is 1. The summed E-state index contributed by atoms with van der Waals surface area (Å²) >= 11 is 12.0. The zero-order chi connectivity index (χ0) is 13.9. The second-order valence-corrected chi connectivity index (χ2v) is 4.98. The Balaban J connectivity index is 2.13. The number of hydrogen-bond acceptors (Lipinski definition) is 2. The van der Waals surface area contributed by atoms with Crippen LogP contribution in [0.3, 0.4) is 0 Å². The van der Waals surface area contributed by atoms with Gasteiger partial charge in [0, 0.05) is 5.39 Å². The Kier molecular flexibility index (Phi) is 3.77. The van der Waals surface area contributed by atoms with Gasteiger partial charge in [0.15, 0.2) is 0 Å². The molecule has 1 heterocycles.